The first-order valence-corrected chi connectivity index (χ1v) is 8.56. The zero-order valence-corrected chi connectivity index (χ0v) is 14.9. The smallest absolute Gasteiger partial charge is 0.257 e. The van der Waals surface area contributed by atoms with Gasteiger partial charge in [0.1, 0.15) is 12.4 Å². The van der Waals surface area contributed by atoms with E-state index in [9.17, 15) is 14.0 Å². The highest BCUT2D eigenvalue weighted by atomic mass is 32.1. The standard InChI is InChI=1S/C17H18FN3O3S/c1-9-10(2)25-17(19-9)20-16(23)15-14(21(3)13(22)8-24-15)11-4-6-12(18)7-5-11/h4-7,14-15H,8H2,1-3H3,(H,19,20,23)/t14-,15-/m1/s1. The minimum atomic E-state index is -0.905. The predicted molar refractivity (Wildman–Crippen MR) is 91.9 cm³/mol. The molecule has 0 saturated carbocycles. The fourth-order valence-corrected chi connectivity index (χ4v) is 3.51. The summed E-state index contributed by atoms with van der Waals surface area (Å²) in [5.41, 5.74) is 1.48. The van der Waals surface area contributed by atoms with Gasteiger partial charge in [0.25, 0.3) is 5.91 Å². The monoisotopic (exact) mass is 363 g/mol. The van der Waals surface area contributed by atoms with Gasteiger partial charge in [-0.3, -0.25) is 14.9 Å². The quantitative estimate of drug-likeness (QED) is 0.909. The summed E-state index contributed by atoms with van der Waals surface area (Å²) in [6.07, 6.45) is -0.905. The van der Waals surface area contributed by atoms with E-state index in [0.717, 1.165) is 10.6 Å². The molecule has 0 bridgehead atoms. The summed E-state index contributed by atoms with van der Waals surface area (Å²) >= 11 is 1.38. The SMILES string of the molecule is Cc1nc(NC(=O)[C@@H]2OCC(=O)N(C)[C@@H]2c2ccc(F)cc2)sc1C. The lowest BCUT2D eigenvalue weighted by Gasteiger charge is -2.38. The van der Waals surface area contributed by atoms with E-state index >= 15 is 0 Å². The van der Waals surface area contributed by atoms with Crippen molar-refractivity contribution in [2.45, 2.75) is 26.0 Å². The van der Waals surface area contributed by atoms with Crippen molar-refractivity contribution >= 4 is 28.3 Å². The number of morpholine rings is 1. The van der Waals surface area contributed by atoms with Crippen molar-refractivity contribution in [1.29, 1.82) is 0 Å². The molecule has 0 spiro atoms. The number of rotatable bonds is 3. The molecule has 1 aliphatic rings. The fourth-order valence-electron chi connectivity index (χ4n) is 2.69. The summed E-state index contributed by atoms with van der Waals surface area (Å²) in [6, 6.07) is 5.06. The highest BCUT2D eigenvalue weighted by molar-refractivity contribution is 7.15. The van der Waals surface area contributed by atoms with Gasteiger partial charge >= 0.3 is 0 Å². The average Bonchev–Trinajstić information content (AvgIpc) is 2.88. The molecule has 8 heteroatoms. The Balaban J connectivity index is 1.87. The second-order valence-electron chi connectivity index (χ2n) is 5.88. The zero-order valence-electron chi connectivity index (χ0n) is 14.1. The second kappa shape index (κ2) is 6.89. The molecule has 1 aromatic carbocycles. The molecule has 1 saturated heterocycles. The maximum Gasteiger partial charge on any atom is 0.257 e. The Bertz CT molecular complexity index is 786. The molecular weight excluding hydrogens is 345 g/mol. The number of thiazole rings is 1. The number of nitrogens with one attached hydrogen (secondary N) is 1. The molecule has 25 heavy (non-hydrogen) atoms. The van der Waals surface area contributed by atoms with E-state index in [1.807, 2.05) is 13.8 Å². The van der Waals surface area contributed by atoms with Gasteiger partial charge in [0.15, 0.2) is 11.2 Å². The molecule has 132 valence electrons. The number of aromatic nitrogens is 1. The van der Waals surface area contributed by atoms with Gasteiger partial charge in [0.2, 0.25) is 5.91 Å². The van der Waals surface area contributed by atoms with Crippen LogP contribution in [0.3, 0.4) is 0 Å². The first kappa shape index (κ1) is 17.5. The molecule has 2 amide bonds. The largest absolute Gasteiger partial charge is 0.356 e. The van der Waals surface area contributed by atoms with Crippen molar-refractivity contribution in [1.82, 2.24) is 9.88 Å². The first-order valence-electron chi connectivity index (χ1n) is 7.74. The van der Waals surface area contributed by atoms with E-state index in [1.54, 1.807) is 19.2 Å². The van der Waals surface area contributed by atoms with Gasteiger partial charge in [-0.2, -0.15) is 0 Å². The van der Waals surface area contributed by atoms with E-state index in [2.05, 4.69) is 10.3 Å². The molecule has 0 unspecified atom stereocenters. The van der Waals surface area contributed by atoms with Gasteiger partial charge in [0, 0.05) is 11.9 Å². The molecule has 0 aliphatic carbocycles. The number of hydrogen-bond donors (Lipinski definition) is 1. The molecule has 0 radical (unpaired) electrons. The lowest BCUT2D eigenvalue weighted by Crippen LogP contribution is -2.51. The lowest BCUT2D eigenvalue weighted by molar-refractivity contribution is -0.160. The topological polar surface area (TPSA) is 71.5 Å². The molecule has 2 heterocycles. The van der Waals surface area contributed by atoms with Crippen LogP contribution >= 0.6 is 11.3 Å². The number of carbonyl (C=O) groups excluding carboxylic acids is 2. The number of ether oxygens (including phenoxy) is 1. The third-order valence-electron chi connectivity index (χ3n) is 4.21. The zero-order chi connectivity index (χ0) is 18.1. The van der Waals surface area contributed by atoms with Gasteiger partial charge in [-0.1, -0.05) is 12.1 Å². The molecule has 2 atom stereocenters. The number of benzene rings is 1. The number of carbonyl (C=O) groups is 2. The van der Waals surface area contributed by atoms with Crippen molar-refractivity contribution in [2.24, 2.45) is 0 Å². The van der Waals surface area contributed by atoms with Gasteiger partial charge < -0.3 is 9.64 Å². The summed E-state index contributed by atoms with van der Waals surface area (Å²) in [5, 5.41) is 3.24. The third kappa shape index (κ3) is 3.54. The summed E-state index contributed by atoms with van der Waals surface area (Å²) in [6.45, 7) is 3.61. The van der Waals surface area contributed by atoms with E-state index in [-0.39, 0.29) is 24.2 Å². The van der Waals surface area contributed by atoms with Gasteiger partial charge in [0.05, 0.1) is 11.7 Å². The molecule has 2 aromatic rings. The molecule has 1 fully saturated rings. The van der Waals surface area contributed by atoms with Crippen molar-refractivity contribution in [2.75, 3.05) is 19.0 Å². The van der Waals surface area contributed by atoms with Crippen molar-refractivity contribution in [3.8, 4) is 0 Å². The molecule has 1 aliphatic heterocycles. The van der Waals surface area contributed by atoms with Crippen LogP contribution in [-0.4, -0.2) is 41.5 Å². The lowest BCUT2D eigenvalue weighted by atomic mass is 9.97. The molecule has 3 rings (SSSR count). The Morgan fingerprint density at radius 1 is 1.36 bits per heavy atom. The molecular formula is C17H18FN3O3S. The summed E-state index contributed by atoms with van der Waals surface area (Å²) in [4.78, 5) is 31.5. The van der Waals surface area contributed by atoms with E-state index in [0.29, 0.717) is 10.7 Å². The van der Waals surface area contributed by atoms with Crippen LogP contribution in [0.25, 0.3) is 0 Å². The Kier molecular flexibility index (Phi) is 4.82. The number of anilines is 1. The van der Waals surface area contributed by atoms with Crippen LogP contribution in [0.2, 0.25) is 0 Å². The molecule has 1 N–H and O–H groups in total. The van der Waals surface area contributed by atoms with Crippen molar-refractivity contribution in [3.63, 3.8) is 0 Å². The maximum atomic E-state index is 13.2. The van der Waals surface area contributed by atoms with Gasteiger partial charge in [-0.15, -0.1) is 11.3 Å². The summed E-state index contributed by atoms with van der Waals surface area (Å²) < 4.78 is 18.7. The first-order chi connectivity index (χ1) is 11.9. The number of amides is 2. The Morgan fingerprint density at radius 2 is 2.04 bits per heavy atom. The minimum Gasteiger partial charge on any atom is -0.356 e. The number of nitrogens with zero attached hydrogens (tertiary/aromatic N) is 2. The average molecular weight is 363 g/mol. The fraction of sp³-hybridized carbons (Fsp3) is 0.353. The Labute approximate surface area is 148 Å². The predicted octanol–water partition coefficient (Wildman–Crippen LogP) is 2.44. The number of hydrogen-bond acceptors (Lipinski definition) is 5. The summed E-state index contributed by atoms with van der Waals surface area (Å²) in [7, 11) is 1.61. The third-order valence-corrected chi connectivity index (χ3v) is 5.20. The van der Waals surface area contributed by atoms with Crippen LogP contribution in [-0.2, 0) is 14.3 Å². The van der Waals surface area contributed by atoms with Crippen LogP contribution < -0.4 is 5.32 Å². The van der Waals surface area contributed by atoms with E-state index in [1.165, 1.54) is 28.4 Å². The highest BCUT2D eigenvalue weighted by Gasteiger charge is 2.40. The normalized spacial score (nSPS) is 20.6. The van der Waals surface area contributed by atoms with E-state index in [4.69, 9.17) is 4.74 Å². The second-order valence-corrected chi connectivity index (χ2v) is 7.09. The van der Waals surface area contributed by atoms with Crippen LogP contribution in [0.1, 0.15) is 22.2 Å². The maximum absolute atomic E-state index is 13.2. The van der Waals surface area contributed by atoms with Crippen molar-refractivity contribution < 1.29 is 18.7 Å². The van der Waals surface area contributed by atoms with Gasteiger partial charge in [-0.25, -0.2) is 9.37 Å². The summed E-state index contributed by atoms with van der Waals surface area (Å²) in [5.74, 6) is -1.01. The number of aryl methyl sites for hydroxylation is 2. The van der Waals surface area contributed by atoms with Crippen LogP contribution in [0.5, 0.6) is 0 Å². The van der Waals surface area contributed by atoms with Crippen molar-refractivity contribution in [3.05, 3.63) is 46.2 Å². The van der Waals surface area contributed by atoms with Crippen LogP contribution in [0, 0.1) is 19.7 Å². The Hall–Kier alpha value is -2.32. The molecule has 6 nitrogen and oxygen atoms in total. The highest BCUT2D eigenvalue weighted by Crippen LogP contribution is 2.30. The van der Waals surface area contributed by atoms with Gasteiger partial charge in [-0.05, 0) is 31.5 Å². The molecule has 1 aromatic heterocycles. The van der Waals surface area contributed by atoms with Crippen LogP contribution in [0.4, 0.5) is 9.52 Å². The van der Waals surface area contributed by atoms with E-state index < -0.39 is 12.1 Å². The minimum absolute atomic E-state index is 0.178. The van der Waals surface area contributed by atoms with Crippen LogP contribution in [0.15, 0.2) is 24.3 Å². The Morgan fingerprint density at radius 3 is 2.64 bits per heavy atom. The number of halogens is 1. The number of likely N-dealkylation sites (N-methyl/N-ethyl adjacent to an activating group) is 1.